The van der Waals surface area contributed by atoms with Crippen LogP contribution in [0.25, 0.3) is 0 Å². The highest BCUT2D eigenvalue weighted by Gasteiger charge is 2.10. The highest BCUT2D eigenvalue weighted by atomic mass is 16.5. The van der Waals surface area contributed by atoms with Gasteiger partial charge in [0.25, 0.3) is 0 Å². The van der Waals surface area contributed by atoms with Gasteiger partial charge in [0, 0.05) is 12.6 Å². The number of carbonyl (C=O) groups is 1. The van der Waals surface area contributed by atoms with Gasteiger partial charge in [0.2, 0.25) is 0 Å². The number of ether oxygens (including phenoxy) is 1. The van der Waals surface area contributed by atoms with Crippen molar-refractivity contribution in [3.05, 3.63) is 42.1 Å². The van der Waals surface area contributed by atoms with E-state index in [1.807, 2.05) is 28.9 Å². The van der Waals surface area contributed by atoms with Crippen molar-refractivity contribution in [2.45, 2.75) is 32.7 Å². The van der Waals surface area contributed by atoms with E-state index in [4.69, 9.17) is 4.74 Å². The summed E-state index contributed by atoms with van der Waals surface area (Å²) in [4.78, 5) is 12.0. The number of hydrogen-bond donors (Lipinski definition) is 2. The van der Waals surface area contributed by atoms with Crippen LogP contribution in [0, 0.1) is 0 Å². The van der Waals surface area contributed by atoms with Gasteiger partial charge in [-0.2, -0.15) is 5.10 Å². The molecule has 2 rings (SSSR count). The summed E-state index contributed by atoms with van der Waals surface area (Å²) < 4.78 is 6.94. The van der Waals surface area contributed by atoms with Crippen LogP contribution in [0.4, 0.5) is 10.6 Å². The summed E-state index contributed by atoms with van der Waals surface area (Å²) in [5.74, 6) is 1.54. The zero-order chi connectivity index (χ0) is 16.7. The average Bonchev–Trinajstić information content (AvgIpc) is 3.02. The van der Waals surface area contributed by atoms with E-state index < -0.39 is 0 Å². The Kier molecular flexibility index (Phi) is 6.02. The predicted molar refractivity (Wildman–Crippen MR) is 90.9 cm³/mol. The first kappa shape index (κ1) is 16.9. The summed E-state index contributed by atoms with van der Waals surface area (Å²) in [5.41, 5.74) is 1.15. The van der Waals surface area contributed by atoms with Gasteiger partial charge in [0.05, 0.1) is 19.3 Å². The van der Waals surface area contributed by atoms with Crippen molar-refractivity contribution in [3.63, 3.8) is 0 Å². The molecule has 1 atom stereocenters. The van der Waals surface area contributed by atoms with Crippen LogP contribution in [0.1, 0.15) is 31.9 Å². The third-order valence-corrected chi connectivity index (χ3v) is 3.78. The lowest BCUT2D eigenvalue weighted by molar-refractivity contribution is 0.252. The first-order valence-corrected chi connectivity index (χ1v) is 7.85. The van der Waals surface area contributed by atoms with Crippen LogP contribution in [0.3, 0.4) is 0 Å². The Morgan fingerprint density at radius 2 is 2.04 bits per heavy atom. The number of anilines is 1. The third-order valence-electron chi connectivity index (χ3n) is 3.78. The molecule has 0 radical (unpaired) electrons. The van der Waals surface area contributed by atoms with E-state index in [0.29, 0.717) is 12.4 Å². The molecule has 1 unspecified atom stereocenters. The molecule has 0 aliphatic rings. The minimum atomic E-state index is -0.219. The van der Waals surface area contributed by atoms with Gasteiger partial charge in [-0.05, 0) is 37.5 Å². The molecule has 0 saturated heterocycles. The van der Waals surface area contributed by atoms with E-state index in [9.17, 15) is 4.79 Å². The molecule has 0 bridgehead atoms. The van der Waals surface area contributed by atoms with E-state index in [0.717, 1.165) is 24.2 Å². The summed E-state index contributed by atoms with van der Waals surface area (Å²) in [6.07, 6.45) is 3.41. The molecule has 23 heavy (non-hydrogen) atoms. The molecule has 0 aliphatic heterocycles. The smallest absolute Gasteiger partial charge is 0.320 e. The Morgan fingerprint density at radius 3 is 2.70 bits per heavy atom. The van der Waals surface area contributed by atoms with Crippen molar-refractivity contribution in [2.24, 2.45) is 0 Å². The van der Waals surface area contributed by atoms with Gasteiger partial charge in [-0.1, -0.05) is 19.1 Å². The summed E-state index contributed by atoms with van der Waals surface area (Å²) in [6.45, 7) is 4.72. The van der Waals surface area contributed by atoms with Gasteiger partial charge in [-0.3, -0.25) is 5.32 Å². The van der Waals surface area contributed by atoms with E-state index in [-0.39, 0.29) is 12.1 Å². The van der Waals surface area contributed by atoms with Gasteiger partial charge in [0.15, 0.2) is 0 Å². The van der Waals surface area contributed by atoms with Crippen molar-refractivity contribution < 1.29 is 9.53 Å². The summed E-state index contributed by atoms with van der Waals surface area (Å²) >= 11 is 0. The normalized spacial score (nSPS) is 11.8. The Labute approximate surface area is 136 Å². The molecule has 0 saturated carbocycles. The highest BCUT2D eigenvalue weighted by molar-refractivity contribution is 5.88. The third kappa shape index (κ3) is 4.74. The van der Waals surface area contributed by atoms with E-state index >= 15 is 0 Å². The number of nitrogens with one attached hydrogen (secondary N) is 2. The number of aromatic nitrogens is 2. The number of urea groups is 1. The monoisotopic (exact) mass is 316 g/mol. The quantitative estimate of drug-likeness (QED) is 0.824. The van der Waals surface area contributed by atoms with Crippen LogP contribution >= 0.6 is 0 Å². The number of hydrogen-bond acceptors (Lipinski definition) is 3. The van der Waals surface area contributed by atoms with Gasteiger partial charge in [-0.25, -0.2) is 9.48 Å². The minimum absolute atomic E-state index is 0.219. The average molecular weight is 316 g/mol. The fraction of sp³-hybridized carbons (Fsp3) is 0.412. The topological polar surface area (TPSA) is 68.2 Å². The van der Waals surface area contributed by atoms with Crippen molar-refractivity contribution in [2.75, 3.05) is 19.0 Å². The molecule has 0 aliphatic carbocycles. The first-order chi connectivity index (χ1) is 11.1. The van der Waals surface area contributed by atoms with Crippen LogP contribution in [-0.4, -0.2) is 29.5 Å². The molecule has 124 valence electrons. The molecule has 6 heteroatoms. The van der Waals surface area contributed by atoms with Crippen LogP contribution in [0.5, 0.6) is 5.75 Å². The molecular weight excluding hydrogens is 292 g/mol. The maximum Gasteiger partial charge on any atom is 0.320 e. The molecule has 0 spiro atoms. The lowest BCUT2D eigenvalue weighted by atomic mass is 10.1. The second-order valence-electron chi connectivity index (χ2n) is 5.40. The van der Waals surface area contributed by atoms with Gasteiger partial charge in [0.1, 0.15) is 11.6 Å². The Bertz CT molecular complexity index is 622. The van der Waals surface area contributed by atoms with Crippen molar-refractivity contribution >= 4 is 11.8 Å². The zero-order valence-electron chi connectivity index (χ0n) is 13.9. The van der Waals surface area contributed by atoms with Gasteiger partial charge >= 0.3 is 6.03 Å². The molecule has 1 aromatic heterocycles. The van der Waals surface area contributed by atoms with Crippen LogP contribution < -0.4 is 15.4 Å². The lowest BCUT2D eigenvalue weighted by Crippen LogP contribution is -2.31. The maximum absolute atomic E-state index is 12.0. The second kappa shape index (κ2) is 8.22. The van der Waals surface area contributed by atoms with E-state index in [2.05, 4.69) is 29.6 Å². The largest absolute Gasteiger partial charge is 0.497 e. The van der Waals surface area contributed by atoms with E-state index in [1.54, 1.807) is 19.4 Å². The second-order valence-corrected chi connectivity index (χ2v) is 5.40. The number of methoxy groups -OCH3 is 1. The molecule has 0 fully saturated rings. The Morgan fingerprint density at radius 1 is 1.30 bits per heavy atom. The van der Waals surface area contributed by atoms with Crippen molar-refractivity contribution in [1.29, 1.82) is 0 Å². The van der Waals surface area contributed by atoms with Gasteiger partial charge in [-0.15, -0.1) is 0 Å². The molecule has 2 aromatic rings. The summed E-state index contributed by atoms with van der Waals surface area (Å²) in [6, 6.07) is 9.66. The Balaban J connectivity index is 1.80. The minimum Gasteiger partial charge on any atom is -0.497 e. The molecule has 1 heterocycles. The standard InChI is InChI=1S/C17H24N4O2/c1-4-13(2)21-16(10-12-19-21)20-17(22)18-11-9-14-5-7-15(23-3)8-6-14/h5-8,10,12-13H,4,9,11H2,1-3H3,(H2,18,20,22). The molecule has 1 aromatic carbocycles. The van der Waals surface area contributed by atoms with Gasteiger partial charge < -0.3 is 10.1 Å². The summed E-state index contributed by atoms with van der Waals surface area (Å²) in [5, 5.41) is 9.95. The zero-order valence-corrected chi connectivity index (χ0v) is 13.9. The van der Waals surface area contributed by atoms with Crippen LogP contribution in [0.2, 0.25) is 0 Å². The number of amides is 2. The number of carbonyl (C=O) groups excluding carboxylic acids is 1. The SMILES string of the molecule is CCC(C)n1nccc1NC(=O)NCCc1ccc(OC)cc1. The predicted octanol–water partition coefficient (Wildman–Crippen LogP) is 3.23. The number of rotatable bonds is 7. The highest BCUT2D eigenvalue weighted by Crippen LogP contribution is 2.16. The molecule has 6 nitrogen and oxygen atoms in total. The van der Waals surface area contributed by atoms with Crippen molar-refractivity contribution in [3.8, 4) is 5.75 Å². The van der Waals surface area contributed by atoms with Crippen LogP contribution in [0.15, 0.2) is 36.5 Å². The Hall–Kier alpha value is -2.50. The fourth-order valence-electron chi connectivity index (χ4n) is 2.21. The first-order valence-electron chi connectivity index (χ1n) is 7.85. The molecule has 2 amide bonds. The number of benzene rings is 1. The summed E-state index contributed by atoms with van der Waals surface area (Å²) in [7, 11) is 1.64. The molecular formula is C17H24N4O2. The van der Waals surface area contributed by atoms with E-state index in [1.165, 1.54) is 0 Å². The van der Waals surface area contributed by atoms with Crippen molar-refractivity contribution in [1.82, 2.24) is 15.1 Å². The maximum atomic E-state index is 12.0. The fourth-order valence-corrected chi connectivity index (χ4v) is 2.21. The lowest BCUT2D eigenvalue weighted by Gasteiger charge is -2.14. The number of nitrogens with zero attached hydrogens (tertiary/aromatic N) is 2. The van der Waals surface area contributed by atoms with Crippen LogP contribution in [-0.2, 0) is 6.42 Å². The molecule has 2 N–H and O–H groups in total.